The Bertz CT molecular complexity index is 937. The molecule has 0 unspecified atom stereocenters. The molecule has 2 aromatic carbocycles. The van der Waals surface area contributed by atoms with E-state index in [4.69, 9.17) is 12.2 Å². The molecule has 0 atom stereocenters. The van der Waals surface area contributed by atoms with Gasteiger partial charge in [0.1, 0.15) is 11.6 Å². The van der Waals surface area contributed by atoms with Gasteiger partial charge in [-0.05, 0) is 48.6 Å². The van der Waals surface area contributed by atoms with Crippen molar-refractivity contribution in [3.05, 3.63) is 89.8 Å². The molecule has 3 rings (SSSR count). The summed E-state index contributed by atoms with van der Waals surface area (Å²) in [5.74, 6) is -0.602. The molecule has 0 aliphatic carbocycles. The molecule has 1 aromatic heterocycles. The van der Waals surface area contributed by atoms with Crippen molar-refractivity contribution in [2.75, 3.05) is 5.32 Å². The van der Waals surface area contributed by atoms with Gasteiger partial charge in [-0.1, -0.05) is 24.3 Å². The smallest absolute Gasteiger partial charge is 0.191 e. The normalized spacial score (nSPS) is 10.8. The molecule has 0 saturated carbocycles. The first-order valence-corrected chi connectivity index (χ1v) is 8.27. The van der Waals surface area contributed by atoms with Crippen LogP contribution in [0.25, 0.3) is 0 Å². The minimum atomic E-state index is -0.354. The molecular formula is C19H16F2N4S. The van der Waals surface area contributed by atoms with Crippen molar-refractivity contribution in [3.8, 4) is 0 Å². The maximum absolute atomic E-state index is 13.8. The van der Waals surface area contributed by atoms with E-state index in [0.29, 0.717) is 17.8 Å². The van der Waals surface area contributed by atoms with Crippen molar-refractivity contribution >= 4 is 29.2 Å². The summed E-state index contributed by atoms with van der Waals surface area (Å²) in [7, 11) is 0. The number of aromatic nitrogens is 1. The molecule has 2 N–H and O–H groups in total. The number of benzene rings is 2. The van der Waals surface area contributed by atoms with Crippen LogP contribution in [0.5, 0.6) is 0 Å². The minimum Gasteiger partial charge on any atom is -0.342 e. The van der Waals surface area contributed by atoms with E-state index in [9.17, 15) is 8.78 Å². The van der Waals surface area contributed by atoms with Gasteiger partial charge in [0.25, 0.3) is 0 Å². The lowest BCUT2D eigenvalue weighted by Crippen LogP contribution is -2.24. The predicted molar refractivity (Wildman–Crippen MR) is 103 cm³/mol. The third-order valence-corrected chi connectivity index (χ3v) is 3.80. The molecule has 26 heavy (non-hydrogen) atoms. The number of nitrogens with one attached hydrogen (secondary N) is 2. The van der Waals surface area contributed by atoms with Crippen LogP contribution >= 0.6 is 12.2 Å². The number of hydrogen-bond donors (Lipinski definition) is 2. The topological polar surface area (TPSA) is 41.4 Å². The highest BCUT2D eigenvalue weighted by Gasteiger charge is 2.04. The van der Waals surface area contributed by atoms with Crippen LogP contribution in [0.3, 0.4) is 0 Å². The monoisotopic (exact) mass is 370 g/mol. The summed E-state index contributed by atoms with van der Waals surface area (Å²) in [6.45, 7) is 0.396. The third-order valence-electron chi connectivity index (χ3n) is 3.61. The molecule has 0 spiro atoms. The van der Waals surface area contributed by atoms with Crippen LogP contribution in [0.2, 0.25) is 0 Å². The van der Waals surface area contributed by atoms with Crippen molar-refractivity contribution in [1.82, 2.24) is 9.99 Å². The molecule has 1 heterocycles. The molecule has 0 aliphatic rings. The van der Waals surface area contributed by atoms with E-state index >= 15 is 0 Å². The summed E-state index contributed by atoms with van der Waals surface area (Å²) in [6.07, 6.45) is 3.43. The molecule has 4 nitrogen and oxygen atoms in total. The molecule has 0 amide bonds. The van der Waals surface area contributed by atoms with Crippen molar-refractivity contribution in [3.63, 3.8) is 0 Å². The Hall–Kier alpha value is -3.06. The van der Waals surface area contributed by atoms with Crippen molar-refractivity contribution in [2.24, 2.45) is 5.10 Å². The quantitative estimate of drug-likeness (QED) is 0.403. The zero-order valence-electron chi connectivity index (χ0n) is 13.7. The fourth-order valence-corrected chi connectivity index (χ4v) is 2.55. The van der Waals surface area contributed by atoms with E-state index in [1.165, 1.54) is 18.2 Å². The van der Waals surface area contributed by atoms with Gasteiger partial charge < -0.3 is 9.88 Å². The number of rotatable bonds is 5. The molecule has 7 heteroatoms. The number of hydrazone groups is 1. The number of halogens is 2. The van der Waals surface area contributed by atoms with Gasteiger partial charge in [-0.3, -0.25) is 5.43 Å². The fraction of sp³-hybridized carbons (Fsp3) is 0.0526. The second-order valence-corrected chi connectivity index (χ2v) is 5.90. The van der Waals surface area contributed by atoms with Crippen LogP contribution in [-0.2, 0) is 6.54 Å². The molecule has 0 radical (unpaired) electrons. The number of anilines is 1. The van der Waals surface area contributed by atoms with E-state index in [2.05, 4.69) is 15.8 Å². The Labute approximate surface area is 155 Å². The Morgan fingerprint density at radius 2 is 1.92 bits per heavy atom. The highest BCUT2D eigenvalue weighted by atomic mass is 32.1. The maximum Gasteiger partial charge on any atom is 0.191 e. The second kappa shape index (κ2) is 8.35. The van der Waals surface area contributed by atoms with E-state index in [1.54, 1.807) is 36.5 Å². The van der Waals surface area contributed by atoms with Gasteiger partial charge in [-0.15, -0.1) is 0 Å². The summed E-state index contributed by atoms with van der Waals surface area (Å²) < 4.78 is 28.8. The first-order valence-electron chi connectivity index (χ1n) is 7.86. The van der Waals surface area contributed by atoms with Crippen LogP contribution in [0, 0.1) is 11.6 Å². The Morgan fingerprint density at radius 3 is 2.73 bits per heavy atom. The van der Waals surface area contributed by atoms with Crippen LogP contribution in [0.4, 0.5) is 14.5 Å². The standard InChI is InChI=1S/C19H16F2N4S/c20-15-6-3-7-16(11-15)23-19(26)24-22-12-17-8-4-10-25(17)13-14-5-1-2-9-18(14)21/h1-12H,13H2,(H2,23,24,26)/b22-12+. The number of hydrogen-bond acceptors (Lipinski definition) is 2. The van der Waals surface area contributed by atoms with Crippen molar-refractivity contribution in [2.45, 2.75) is 6.54 Å². The second-order valence-electron chi connectivity index (χ2n) is 5.49. The van der Waals surface area contributed by atoms with E-state index in [1.807, 2.05) is 22.9 Å². The molecule has 0 saturated heterocycles. The lowest BCUT2D eigenvalue weighted by molar-refractivity contribution is 0.599. The summed E-state index contributed by atoms with van der Waals surface area (Å²) in [5.41, 5.74) is 4.58. The van der Waals surface area contributed by atoms with Gasteiger partial charge in [0, 0.05) is 17.4 Å². The third kappa shape index (κ3) is 4.73. The Balaban J connectivity index is 1.60. The SMILES string of the molecule is Fc1cccc(NC(=S)N/N=C/c2cccn2Cc2ccccc2F)c1. The van der Waals surface area contributed by atoms with Gasteiger partial charge >= 0.3 is 0 Å². The zero-order valence-corrected chi connectivity index (χ0v) is 14.5. The first kappa shape index (κ1) is 17.8. The molecule has 0 fully saturated rings. The first-order chi connectivity index (χ1) is 12.6. The van der Waals surface area contributed by atoms with Crippen LogP contribution in [0.1, 0.15) is 11.3 Å². The van der Waals surface area contributed by atoms with E-state index < -0.39 is 0 Å². The summed E-state index contributed by atoms with van der Waals surface area (Å²) in [6, 6.07) is 16.3. The van der Waals surface area contributed by atoms with Crippen molar-refractivity contribution in [1.29, 1.82) is 0 Å². The Morgan fingerprint density at radius 1 is 1.08 bits per heavy atom. The Kier molecular flexibility index (Phi) is 5.70. The average molecular weight is 370 g/mol. The van der Waals surface area contributed by atoms with Gasteiger partial charge in [-0.2, -0.15) is 5.10 Å². The number of nitrogens with zero attached hydrogens (tertiary/aromatic N) is 2. The molecule has 132 valence electrons. The average Bonchev–Trinajstić information content (AvgIpc) is 3.04. The predicted octanol–water partition coefficient (Wildman–Crippen LogP) is 4.14. The van der Waals surface area contributed by atoms with Gasteiger partial charge in [0.15, 0.2) is 5.11 Å². The number of thiocarbonyl (C=S) groups is 1. The lowest BCUT2D eigenvalue weighted by atomic mass is 10.2. The molecule has 0 aliphatic heterocycles. The molecular weight excluding hydrogens is 354 g/mol. The van der Waals surface area contributed by atoms with Crippen LogP contribution < -0.4 is 10.7 Å². The highest BCUT2D eigenvalue weighted by Crippen LogP contribution is 2.11. The van der Waals surface area contributed by atoms with E-state index in [0.717, 1.165) is 5.69 Å². The lowest BCUT2D eigenvalue weighted by Gasteiger charge is -2.08. The fourth-order valence-electron chi connectivity index (χ4n) is 2.38. The van der Waals surface area contributed by atoms with Gasteiger partial charge in [0.05, 0.1) is 18.5 Å². The maximum atomic E-state index is 13.8. The zero-order chi connectivity index (χ0) is 18.4. The van der Waals surface area contributed by atoms with Crippen LogP contribution in [0.15, 0.2) is 72.0 Å². The van der Waals surface area contributed by atoms with Crippen molar-refractivity contribution < 1.29 is 8.78 Å². The summed E-state index contributed by atoms with van der Waals surface area (Å²) in [5, 5.41) is 7.14. The largest absolute Gasteiger partial charge is 0.342 e. The summed E-state index contributed by atoms with van der Waals surface area (Å²) >= 11 is 5.11. The highest BCUT2D eigenvalue weighted by molar-refractivity contribution is 7.80. The van der Waals surface area contributed by atoms with Crippen LogP contribution in [-0.4, -0.2) is 15.9 Å². The molecule has 0 bridgehead atoms. The minimum absolute atomic E-state index is 0.235. The molecule has 3 aromatic rings. The van der Waals surface area contributed by atoms with E-state index in [-0.39, 0.29) is 16.7 Å². The van der Waals surface area contributed by atoms with Gasteiger partial charge in [0.2, 0.25) is 0 Å². The van der Waals surface area contributed by atoms with Gasteiger partial charge in [-0.25, -0.2) is 8.78 Å². The summed E-state index contributed by atoms with van der Waals surface area (Å²) in [4.78, 5) is 0.